The van der Waals surface area contributed by atoms with Crippen molar-refractivity contribution in [3.05, 3.63) is 35.9 Å². The summed E-state index contributed by atoms with van der Waals surface area (Å²) in [5.41, 5.74) is 1.48. The normalized spacial score (nSPS) is 29.7. The van der Waals surface area contributed by atoms with Crippen LogP contribution in [0.5, 0.6) is 0 Å². The number of hydrogen-bond donors (Lipinski definition) is 2. The number of thioether (sulfide) groups is 1. The molecule has 1 aromatic carbocycles. The van der Waals surface area contributed by atoms with E-state index in [-0.39, 0.29) is 24.0 Å². The summed E-state index contributed by atoms with van der Waals surface area (Å²) in [6.07, 6.45) is 7.37. The molecular weight excluding hydrogens is 417 g/mol. The number of aliphatic imine (C=N–C) groups is 1. The van der Waals surface area contributed by atoms with Crippen molar-refractivity contribution in [1.82, 2.24) is 10.6 Å². The van der Waals surface area contributed by atoms with Crippen LogP contribution in [0, 0.1) is 5.92 Å². The van der Waals surface area contributed by atoms with Crippen molar-refractivity contribution in [2.24, 2.45) is 10.9 Å². The molecule has 0 radical (unpaired) electrons. The van der Waals surface area contributed by atoms with Crippen LogP contribution < -0.4 is 10.6 Å². The fourth-order valence-electron chi connectivity index (χ4n) is 3.48. The van der Waals surface area contributed by atoms with Gasteiger partial charge in [-0.2, -0.15) is 11.8 Å². The third-order valence-corrected chi connectivity index (χ3v) is 6.06. The number of hydrogen-bond acceptors (Lipinski definition) is 2. The largest absolute Gasteiger partial charge is 0.356 e. The number of guanidine groups is 1. The minimum atomic E-state index is 0. The lowest BCUT2D eigenvalue weighted by Crippen LogP contribution is -2.43. The third kappa shape index (κ3) is 5.28. The van der Waals surface area contributed by atoms with E-state index in [1.165, 1.54) is 31.2 Å². The van der Waals surface area contributed by atoms with Crippen LogP contribution in [0.3, 0.4) is 0 Å². The van der Waals surface area contributed by atoms with Gasteiger partial charge in [-0.25, -0.2) is 0 Å². The molecule has 2 fully saturated rings. The molecular formula is C18H28IN3S. The Bertz CT molecular complexity index is 508. The zero-order valence-electron chi connectivity index (χ0n) is 14.0. The highest BCUT2D eigenvalue weighted by atomic mass is 127. The Balaban J connectivity index is 0.00000192. The molecule has 0 amide bonds. The molecule has 2 saturated carbocycles. The minimum absolute atomic E-state index is 0. The van der Waals surface area contributed by atoms with Crippen LogP contribution in [0.25, 0.3) is 0 Å². The zero-order chi connectivity index (χ0) is 15.4. The van der Waals surface area contributed by atoms with Crippen LogP contribution in [-0.2, 0) is 0 Å². The van der Waals surface area contributed by atoms with Crippen molar-refractivity contribution in [3.8, 4) is 0 Å². The van der Waals surface area contributed by atoms with E-state index in [2.05, 4.69) is 52.2 Å². The average Bonchev–Trinajstić information content (AvgIpc) is 3.21. The predicted octanol–water partition coefficient (Wildman–Crippen LogP) is 3.86. The van der Waals surface area contributed by atoms with E-state index in [1.807, 2.05) is 18.8 Å². The first-order chi connectivity index (χ1) is 10.8. The van der Waals surface area contributed by atoms with E-state index in [4.69, 9.17) is 0 Å². The van der Waals surface area contributed by atoms with Gasteiger partial charge in [0.05, 0.1) is 0 Å². The van der Waals surface area contributed by atoms with Gasteiger partial charge in [-0.3, -0.25) is 4.99 Å². The highest BCUT2D eigenvalue weighted by Crippen LogP contribution is 2.46. The highest BCUT2D eigenvalue weighted by Gasteiger charge is 2.38. The zero-order valence-corrected chi connectivity index (χ0v) is 17.1. The van der Waals surface area contributed by atoms with Crippen molar-refractivity contribution in [1.29, 1.82) is 0 Å². The second-order valence-electron chi connectivity index (χ2n) is 6.48. The quantitative estimate of drug-likeness (QED) is 0.411. The molecule has 2 aliphatic carbocycles. The molecule has 1 aromatic rings. The molecule has 5 heteroatoms. The van der Waals surface area contributed by atoms with Gasteiger partial charge in [-0.1, -0.05) is 30.3 Å². The Morgan fingerprint density at radius 3 is 2.65 bits per heavy atom. The molecule has 23 heavy (non-hydrogen) atoms. The first-order valence-corrected chi connectivity index (χ1v) is 9.64. The van der Waals surface area contributed by atoms with E-state index >= 15 is 0 Å². The molecule has 0 saturated heterocycles. The number of nitrogens with one attached hydrogen (secondary N) is 2. The Kier molecular flexibility index (Phi) is 7.53. The van der Waals surface area contributed by atoms with Crippen molar-refractivity contribution < 1.29 is 0 Å². The first-order valence-electron chi connectivity index (χ1n) is 8.35. The lowest BCUT2D eigenvalue weighted by molar-refractivity contribution is 0.608. The fraction of sp³-hybridized carbons (Fsp3) is 0.611. The lowest BCUT2D eigenvalue weighted by Gasteiger charge is -2.17. The number of benzene rings is 1. The summed E-state index contributed by atoms with van der Waals surface area (Å²) in [5, 5.41) is 7.94. The average molecular weight is 445 g/mol. The minimum Gasteiger partial charge on any atom is -0.356 e. The molecule has 0 aliphatic heterocycles. The monoisotopic (exact) mass is 445 g/mol. The van der Waals surface area contributed by atoms with Crippen LogP contribution in [-0.4, -0.2) is 37.1 Å². The van der Waals surface area contributed by atoms with Crippen molar-refractivity contribution in [2.45, 2.75) is 42.9 Å². The summed E-state index contributed by atoms with van der Waals surface area (Å²) in [7, 11) is 1.87. The number of nitrogens with zero attached hydrogens (tertiary/aromatic N) is 1. The lowest BCUT2D eigenvalue weighted by atomic mass is 10.1. The van der Waals surface area contributed by atoms with Crippen LogP contribution in [0.4, 0.5) is 0 Å². The molecule has 0 heterocycles. The Morgan fingerprint density at radius 1 is 1.22 bits per heavy atom. The van der Waals surface area contributed by atoms with Gasteiger partial charge in [0, 0.05) is 24.9 Å². The molecule has 0 aromatic heterocycles. The number of rotatable bonds is 5. The fourth-order valence-corrected chi connectivity index (χ4v) is 4.28. The Morgan fingerprint density at radius 2 is 2.00 bits per heavy atom. The molecule has 0 spiro atoms. The second kappa shape index (κ2) is 9.16. The molecule has 4 atom stereocenters. The second-order valence-corrected chi connectivity index (χ2v) is 7.62. The molecule has 2 aliphatic rings. The molecule has 2 N–H and O–H groups in total. The third-order valence-electron chi connectivity index (χ3n) is 4.96. The maximum Gasteiger partial charge on any atom is 0.191 e. The SMILES string of the molecule is CN=C(NCC1CC1c1ccccc1)NC1CCC(SC)C1.I. The van der Waals surface area contributed by atoms with Gasteiger partial charge in [0.1, 0.15) is 0 Å². The summed E-state index contributed by atoms with van der Waals surface area (Å²) in [6, 6.07) is 11.5. The van der Waals surface area contributed by atoms with Crippen LogP contribution in [0.2, 0.25) is 0 Å². The van der Waals surface area contributed by atoms with E-state index in [9.17, 15) is 0 Å². The summed E-state index contributed by atoms with van der Waals surface area (Å²) >= 11 is 2.00. The van der Waals surface area contributed by atoms with E-state index < -0.39 is 0 Å². The maximum atomic E-state index is 4.39. The first kappa shape index (κ1) is 18.9. The van der Waals surface area contributed by atoms with E-state index in [0.29, 0.717) is 6.04 Å². The van der Waals surface area contributed by atoms with Gasteiger partial charge in [0.25, 0.3) is 0 Å². The Labute approximate surface area is 161 Å². The summed E-state index contributed by atoms with van der Waals surface area (Å²) in [6.45, 7) is 1.03. The van der Waals surface area contributed by atoms with Gasteiger partial charge in [-0.05, 0) is 49.3 Å². The van der Waals surface area contributed by atoms with E-state index in [1.54, 1.807) is 0 Å². The maximum absolute atomic E-state index is 4.39. The van der Waals surface area contributed by atoms with Crippen LogP contribution in [0.15, 0.2) is 35.3 Å². The van der Waals surface area contributed by atoms with Gasteiger partial charge in [0.15, 0.2) is 5.96 Å². The van der Waals surface area contributed by atoms with Crippen LogP contribution in [0.1, 0.15) is 37.2 Å². The predicted molar refractivity (Wildman–Crippen MR) is 112 cm³/mol. The van der Waals surface area contributed by atoms with Crippen molar-refractivity contribution in [2.75, 3.05) is 19.8 Å². The number of halogens is 1. The summed E-state index contributed by atoms with van der Waals surface area (Å²) < 4.78 is 0. The molecule has 0 bridgehead atoms. The summed E-state index contributed by atoms with van der Waals surface area (Å²) in [4.78, 5) is 4.39. The molecule has 3 nitrogen and oxygen atoms in total. The standard InChI is InChI=1S/C18H27N3S.HI/c1-19-18(21-15-8-9-16(11-15)22-2)20-12-14-10-17(14)13-6-4-3-5-7-13;/h3-7,14-17H,8-12H2,1-2H3,(H2,19,20,21);1H. The van der Waals surface area contributed by atoms with Crippen LogP contribution >= 0.6 is 35.7 Å². The van der Waals surface area contributed by atoms with Gasteiger partial charge < -0.3 is 10.6 Å². The van der Waals surface area contributed by atoms with E-state index in [0.717, 1.165) is 29.6 Å². The highest BCUT2D eigenvalue weighted by molar-refractivity contribution is 14.0. The Hall–Kier alpha value is -0.430. The van der Waals surface area contributed by atoms with Gasteiger partial charge >= 0.3 is 0 Å². The molecule has 3 rings (SSSR count). The van der Waals surface area contributed by atoms with Gasteiger partial charge in [0.2, 0.25) is 0 Å². The van der Waals surface area contributed by atoms with Crippen molar-refractivity contribution >= 4 is 41.7 Å². The molecule has 128 valence electrons. The topological polar surface area (TPSA) is 36.4 Å². The molecule has 4 unspecified atom stereocenters. The van der Waals surface area contributed by atoms with Crippen molar-refractivity contribution in [3.63, 3.8) is 0 Å². The smallest absolute Gasteiger partial charge is 0.191 e. The van der Waals surface area contributed by atoms with Gasteiger partial charge in [-0.15, -0.1) is 24.0 Å². The summed E-state index contributed by atoms with van der Waals surface area (Å²) in [5.74, 6) is 2.47.